The molecule has 0 unspecified atom stereocenters. The predicted molar refractivity (Wildman–Crippen MR) is 98.0 cm³/mol. The van der Waals surface area contributed by atoms with Crippen molar-refractivity contribution >= 4 is 21.6 Å². The van der Waals surface area contributed by atoms with Crippen molar-refractivity contribution in [2.24, 2.45) is 0 Å². The zero-order chi connectivity index (χ0) is 18.0. The molecule has 0 N–H and O–H groups in total. The number of nitrogens with zero attached hydrogens (tertiary/aromatic N) is 4. The van der Waals surface area contributed by atoms with Crippen LogP contribution in [0, 0.1) is 64.2 Å². The van der Waals surface area contributed by atoms with E-state index in [0.29, 0.717) is 21.2 Å². The van der Waals surface area contributed by atoms with Gasteiger partial charge in [-0.3, -0.25) is 0 Å². The maximum Gasteiger partial charge on any atom is 0.125 e. The minimum atomic E-state index is 0.592. The fourth-order valence-corrected chi connectivity index (χ4v) is 4.55. The maximum atomic E-state index is 9.46. The fourth-order valence-electron chi connectivity index (χ4n) is 2.29. The third-order valence-electron chi connectivity index (χ3n) is 4.35. The normalized spacial score (nSPS) is 10.3. The maximum absolute atomic E-state index is 9.46. The Bertz CT molecular complexity index is 830. The molecule has 0 atom stereocenters. The van der Waals surface area contributed by atoms with Crippen molar-refractivity contribution in [2.75, 3.05) is 0 Å². The van der Waals surface area contributed by atoms with Crippen LogP contribution in [0.3, 0.4) is 0 Å². The van der Waals surface area contributed by atoms with E-state index in [9.17, 15) is 10.5 Å². The van der Waals surface area contributed by atoms with Gasteiger partial charge >= 0.3 is 0 Å². The van der Waals surface area contributed by atoms with Crippen molar-refractivity contribution < 1.29 is 0 Å². The molecule has 0 fully saturated rings. The first-order valence-corrected chi connectivity index (χ1v) is 9.57. The van der Waals surface area contributed by atoms with Crippen LogP contribution in [-0.4, -0.2) is 9.97 Å². The molecule has 2 aromatic rings. The van der Waals surface area contributed by atoms with Gasteiger partial charge in [-0.05, 0) is 85.4 Å². The number of aryl methyl sites for hydroxylation is 2. The minimum Gasteiger partial charge on any atom is -0.244 e. The second-order valence-corrected chi connectivity index (χ2v) is 7.75. The van der Waals surface area contributed by atoms with Gasteiger partial charge in [0.25, 0.3) is 0 Å². The third kappa shape index (κ3) is 3.26. The zero-order valence-corrected chi connectivity index (χ0v) is 16.2. The molecule has 0 aliphatic carbocycles. The van der Waals surface area contributed by atoms with Gasteiger partial charge in [-0.25, -0.2) is 9.97 Å². The first-order chi connectivity index (χ1) is 11.3. The number of pyridine rings is 2. The fraction of sp³-hybridized carbons (Fsp3) is 0.333. The lowest BCUT2D eigenvalue weighted by atomic mass is 10.1. The Balaban J connectivity index is 2.44. The lowest BCUT2D eigenvalue weighted by Crippen LogP contribution is -2.00. The molecule has 2 aromatic heterocycles. The first kappa shape index (κ1) is 18.3. The van der Waals surface area contributed by atoms with Crippen LogP contribution < -0.4 is 0 Å². The average molecular weight is 355 g/mol. The Hall–Kier alpha value is -2.02. The number of aromatic nitrogens is 2. The summed E-state index contributed by atoms with van der Waals surface area (Å²) in [5, 5.41) is 20.3. The highest BCUT2D eigenvalue weighted by atomic mass is 33.1. The number of hydrogen-bond acceptors (Lipinski definition) is 6. The summed E-state index contributed by atoms with van der Waals surface area (Å²) in [5.74, 6) is 0. The second-order valence-electron chi connectivity index (χ2n) is 5.65. The van der Waals surface area contributed by atoms with Crippen molar-refractivity contribution in [1.82, 2.24) is 9.97 Å². The molecule has 0 amide bonds. The molecule has 6 heteroatoms. The molecule has 0 aliphatic heterocycles. The smallest absolute Gasteiger partial charge is 0.125 e. The van der Waals surface area contributed by atoms with Gasteiger partial charge in [-0.1, -0.05) is 0 Å². The van der Waals surface area contributed by atoms with Gasteiger partial charge in [-0.15, -0.1) is 0 Å². The Kier molecular flexibility index (Phi) is 5.54. The van der Waals surface area contributed by atoms with Crippen LogP contribution >= 0.6 is 21.6 Å². The van der Waals surface area contributed by atoms with Crippen LogP contribution in [0.25, 0.3) is 0 Å². The zero-order valence-electron chi connectivity index (χ0n) is 14.6. The molecule has 2 heterocycles. The molecular formula is C18H18N4S2. The van der Waals surface area contributed by atoms with E-state index in [1.165, 1.54) is 21.6 Å². The summed E-state index contributed by atoms with van der Waals surface area (Å²) in [6.07, 6.45) is 0. The largest absolute Gasteiger partial charge is 0.244 e. The Labute approximate surface area is 150 Å². The average Bonchev–Trinajstić information content (AvgIpc) is 2.56. The summed E-state index contributed by atoms with van der Waals surface area (Å²) in [4.78, 5) is 9.09. The Morgan fingerprint density at radius 3 is 1.25 bits per heavy atom. The van der Waals surface area contributed by atoms with E-state index in [1.54, 1.807) is 0 Å². The molecule has 0 aromatic carbocycles. The summed E-state index contributed by atoms with van der Waals surface area (Å²) in [7, 11) is 2.77. The second kappa shape index (κ2) is 7.25. The van der Waals surface area contributed by atoms with Gasteiger partial charge in [0.15, 0.2) is 0 Å². The third-order valence-corrected chi connectivity index (χ3v) is 6.54. The minimum absolute atomic E-state index is 0.592. The van der Waals surface area contributed by atoms with E-state index < -0.39 is 0 Å². The molecule has 122 valence electrons. The SMILES string of the molecule is Cc1nc(SSc2nc(C)c(C)c(C)c2C#N)c(C#N)c(C)c1C. The van der Waals surface area contributed by atoms with E-state index in [1.807, 2.05) is 41.5 Å². The highest BCUT2D eigenvalue weighted by Gasteiger charge is 2.17. The van der Waals surface area contributed by atoms with Crippen molar-refractivity contribution in [3.63, 3.8) is 0 Å². The number of rotatable bonds is 3. The van der Waals surface area contributed by atoms with Crippen LogP contribution in [0.5, 0.6) is 0 Å². The standard InChI is InChI=1S/C18H18N4S2/c1-9-11(3)15(7-19)17(21-13(9)5)23-24-18-16(8-20)12(4)10(2)14(6)22-18/h1-6H3. The van der Waals surface area contributed by atoms with Crippen molar-refractivity contribution in [1.29, 1.82) is 10.5 Å². The van der Waals surface area contributed by atoms with E-state index in [-0.39, 0.29) is 0 Å². The molecule has 0 saturated heterocycles. The van der Waals surface area contributed by atoms with E-state index in [0.717, 1.165) is 33.6 Å². The summed E-state index contributed by atoms with van der Waals surface area (Å²) >= 11 is 0. The summed E-state index contributed by atoms with van der Waals surface area (Å²) in [6, 6.07) is 4.49. The van der Waals surface area contributed by atoms with Gasteiger partial charge in [-0.2, -0.15) is 10.5 Å². The molecule has 0 saturated carbocycles. The van der Waals surface area contributed by atoms with Gasteiger partial charge in [0, 0.05) is 11.4 Å². The summed E-state index contributed by atoms with van der Waals surface area (Å²) in [5.41, 5.74) is 7.01. The number of nitriles is 2. The molecule has 2 rings (SSSR count). The monoisotopic (exact) mass is 354 g/mol. The van der Waals surface area contributed by atoms with Gasteiger partial charge < -0.3 is 0 Å². The van der Waals surface area contributed by atoms with E-state index >= 15 is 0 Å². The van der Waals surface area contributed by atoms with Crippen molar-refractivity contribution in [3.05, 3.63) is 44.8 Å². The Morgan fingerprint density at radius 2 is 0.958 bits per heavy atom. The molecule has 0 aliphatic rings. The topological polar surface area (TPSA) is 73.4 Å². The lowest BCUT2D eigenvalue weighted by molar-refractivity contribution is 0.999. The first-order valence-electron chi connectivity index (χ1n) is 7.42. The molecule has 0 spiro atoms. The Morgan fingerprint density at radius 1 is 0.625 bits per heavy atom. The van der Waals surface area contributed by atoms with Crippen LogP contribution in [0.4, 0.5) is 0 Å². The molecule has 0 bridgehead atoms. The van der Waals surface area contributed by atoms with Gasteiger partial charge in [0.05, 0.1) is 11.1 Å². The number of hydrogen-bond donors (Lipinski definition) is 0. The quantitative estimate of drug-likeness (QED) is 0.732. The van der Waals surface area contributed by atoms with E-state index in [2.05, 4.69) is 22.1 Å². The molecule has 24 heavy (non-hydrogen) atoms. The lowest BCUT2D eigenvalue weighted by Gasteiger charge is -2.12. The van der Waals surface area contributed by atoms with Crippen molar-refractivity contribution in [3.8, 4) is 12.1 Å². The highest BCUT2D eigenvalue weighted by molar-refractivity contribution is 8.76. The molecule has 4 nitrogen and oxygen atoms in total. The van der Waals surface area contributed by atoms with Crippen LogP contribution in [-0.2, 0) is 0 Å². The van der Waals surface area contributed by atoms with Gasteiger partial charge in [0.2, 0.25) is 0 Å². The summed E-state index contributed by atoms with van der Waals surface area (Å²) in [6.45, 7) is 11.7. The van der Waals surface area contributed by atoms with Crippen LogP contribution in [0.2, 0.25) is 0 Å². The van der Waals surface area contributed by atoms with Crippen LogP contribution in [0.1, 0.15) is 44.8 Å². The van der Waals surface area contributed by atoms with Crippen molar-refractivity contribution in [2.45, 2.75) is 51.6 Å². The molecule has 0 radical (unpaired) electrons. The highest BCUT2D eigenvalue weighted by Crippen LogP contribution is 2.40. The van der Waals surface area contributed by atoms with E-state index in [4.69, 9.17) is 0 Å². The summed E-state index contributed by atoms with van der Waals surface area (Å²) < 4.78 is 0. The van der Waals surface area contributed by atoms with Gasteiger partial charge in [0.1, 0.15) is 22.2 Å². The molecular weight excluding hydrogens is 336 g/mol. The van der Waals surface area contributed by atoms with Crippen LogP contribution in [0.15, 0.2) is 10.1 Å². The predicted octanol–water partition coefficient (Wildman–Crippen LogP) is 4.87.